The van der Waals surface area contributed by atoms with Crippen LogP contribution in [0.1, 0.15) is 32.1 Å². The molecule has 1 aromatic carbocycles. The lowest BCUT2D eigenvalue weighted by Gasteiger charge is -2.19. The molecule has 1 fully saturated rings. The summed E-state index contributed by atoms with van der Waals surface area (Å²) in [7, 11) is 0. The van der Waals surface area contributed by atoms with Crippen molar-refractivity contribution < 1.29 is 27.9 Å². The molecule has 0 radical (unpaired) electrons. The van der Waals surface area contributed by atoms with Gasteiger partial charge in [0.05, 0.1) is 4.91 Å². The normalized spacial score (nSPS) is 15.2. The first kappa shape index (κ1) is 26.0. The fourth-order valence-corrected chi connectivity index (χ4v) is 5.15. The monoisotopic (exact) mass is 524 g/mol. The van der Waals surface area contributed by atoms with Crippen LogP contribution in [0.5, 0.6) is 0 Å². The van der Waals surface area contributed by atoms with E-state index in [2.05, 4.69) is 5.32 Å². The number of ether oxygens (including phenoxy) is 1. The number of esters is 1. The van der Waals surface area contributed by atoms with E-state index < -0.39 is 29.1 Å². The smallest absolute Gasteiger partial charge is 0.325 e. The summed E-state index contributed by atoms with van der Waals surface area (Å²) in [5.41, 5.74) is 0.584. The maximum Gasteiger partial charge on any atom is 0.325 e. The van der Waals surface area contributed by atoms with Crippen LogP contribution >= 0.6 is 35.3 Å². The fourth-order valence-electron chi connectivity index (χ4n) is 2.93. The molecule has 0 bridgehead atoms. The minimum Gasteiger partial charge on any atom is -0.459 e. The number of carbonyl (C=O) groups excluding carboxylic acids is 3. The average molecular weight is 525 g/mol. The van der Waals surface area contributed by atoms with Crippen molar-refractivity contribution in [3.8, 4) is 11.1 Å². The van der Waals surface area contributed by atoms with E-state index in [0.717, 1.165) is 28.8 Å². The van der Waals surface area contributed by atoms with Crippen LogP contribution in [0.4, 0.5) is 8.78 Å². The summed E-state index contributed by atoms with van der Waals surface area (Å²) in [6.07, 6.45) is 1.65. The lowest BCUT2D eigenvalue weighted by atomic mass is 10.1. The Kier molecular flexibility index (Phi) is 8.21. The number of hydrogen-bond donors (Lipinski definition) is 1. The maximum atomic E-state index is 13.5. The van der Waals surface area contributed by atoms with Crippen molar-refractivity contribution in [1.29, 1.82) is 0 Å². The molecule has 1 N–H and O–H groups in total. The number of carbonyl (C=O) groups is 3. The van der Waals surface area contributed by atoms with Crippen molar-refractivity contribution >= 4 is 63.5 Å². The van der Waals surface area contributed by atoms with Gasteiger partial charge in [-0.1, -0.05) is 30.0 Å². The van der Waals surface area contributed by atoms with Crippen molar-refractivity contribution in [3.05, 3.63) is 51.1 Å². The predicted molar refractivity (Wildman–Crippen MR) is 133 cm³/mol. The zero-order chi connectivity index (χ0) is 25.0. The van der Waals surface area contributed by atoms with Gasteiger partial charge < -0.3 is 10.1 Å². The summed E-state index contributed by atoms with van der Waals surface area (Å²) in [6.45, 7) is 5.01. The highest BCUT2D eigenvalue weighted by atomic mass is 32.2. The Morgan fingerprint density at radius 3 is 2.59 bits per heavy atom. The van der Waals surface area contributed by atoms with E-state index in [1.165, 1.54) is 22.3 Å². The number of thiocarbonyl (C=S) groups is 1. The Morgan fingerprint density at radius 1 is 1.18 bits per heavy atom. The highest BCUT2D eigenvalue weighted by Crippen LogP contribution is 2.35. The van der Waals surface area contributed by atoms with E-state index in [0.29, 0.717) is 20.4 Å². The molecule has 0 spiro atoms. The largest absolute Gasteiger partial charge is 0.459 e. The molecule has 1 aromatic heterocycles. The van der Waals surface area contributed by atoms with Gasteiger partial charge in [-0.3, -0.25) is 19.3 Å². The van der Waals surface area contributed by atoms with Crippen molar-refractivity contribution in [1.82, 2.24) is 10.2 Å². The molecule has 1 saturated heterocycles. The third kappa shape index (κ3) is 6.94. The third-order valence-corrected chi connectivity index (χ3v) is 6.69. The molecule has 0 atom stereocenters. The topological polar surface area (TPSA) is 75.7 Å². The van der Waals surface area contributed by atoms with E-state index in [4.69, 9.17) is 17.0 Å². The Labute approximate surface area is 209 Å². The summed E-state index contributed by atoms with van der Waals surface area (Å²) in [6, 6.07) is 5.44. The molecular weight excluding hydrogens is 502 g/mol. The van der Waals surface area contributed by atoms with Crippen LogP contribution in [-0.2, 0) is 19.1 Å². The van der Waals surface area contributed by atoms with Gasteiger partial charge in [0, 0.05) is 17.8 Å². The van der Waals surface area contributed by atoms with Gasteiger partial charge in [0.2, 0.25) is 5.91 Å². The first-order valence-electron chi connectivity index (χ1n) is 10.2. The number of hydrogen-bond acceptors (Lipinski definition) is 7. The first-order chi connectivity index (χ1) is 15.9. The SMILES string of the molecule is CC(C)(C)OC(=O)CNC(=O)CCN1C(=O)/C(=C/c2cc(-c3ccc(F)c(F)c3)cs2)SC1=S. The summed E-state index contributed by atoms with van der Waals surface area (Å²) in [4.78, 5) is 39.0. The van der Waals surface area contributed by atoms with Crippen LogP contribution in [0.2, 0.25) is 0 Å². The number of thioether (sulfide) groups is 1. The highest BCUT2D eigenvalue weighted by Gasteiger charge is 2.32. The van der Waals surface area contributed by atoms with E-state index in [-0.39, 0.29) is 25.4 Å². The third-order valence-electron chi connectivity index (χ3n) is 4.43. The average Bonchev–Trinajstić information content (AvgIpc) is 3.30. The molecule has 0 aliphatic carbocycles. The Morgan fingerprint density at radius 2 is 1.91 bits per heavy atom. The van der Waals surface area contributed by atoms with Crippen LogP contribution in [0.15, 0.2) is 34.6 Å². The molecule has 0 unspecified atom stereocenters. The van der Waals surface area contributed by atoms with Crippen LogP contribution in [0.25, 0.3) is 17.2 Å². The lowest BCUT2D eigenvalue weighted by molar-refractivity contribution is -0.154. The second-order valence-electron chi connectivity index (χ2n) is 8.31. The van der Waals surface area contributed by atoms with Crippen LogP contribution in [0, 0.1) is 11.6 Å². The first-order valence-corrected chi connectivity index (χ1v) is 12.3. The van der Waals surface area contributed by atoms with Crippen LogP contribution < -0.4 is 5.32 Å². The maximum absolute atomic E-state index is 13.5. The lowest BCUT2D eigenvalue weighted by Crippen LogP contribution is -2.37. The summed E-state index contributed by atoms with van der Waals surface area (Å²) in [5, 5.41) is 4.26. The van der Waals surface area contributed by atoms with Crippen molar-refractivity contribution in [2.75, 3.05) is 13.1 Å². The minimum absolute atomic E-state index is 0.0260. The Bertz CT molecular complexity index is 1170. The van der Waals surface area contributed by atoms with Crippen molar-refractivity contribution in [2.24, 2.45) is 0 Å². The Balaban J connectivity index is 1.57. The summed E-state index contributed by atoms with van der Waals surface area (Å²) < 4.78 is 32.1. The van der Waals surface area contributed by atoms with Gasteiger partial charge in [0.15, 0.2) is 11.6 Å². The van der Waals surface area contributed by atoms with Crippen LogP contribution in [0.3, 0.4) is 0 Å². The van der Waals surface area contributed by atoms with Crippen molar-refractivity contribution in [2.45, 2.75) is 32.8 Å². The molecule has 6 nitrogen and oxygen atoms in total. The second-order valence-corrected chi connectivity index (χ2v) is 10.9. The fraction of sp³-hybridized carbons (Fsp3) is 0.304. The number of amides is 2. The van der Waals surface area contributed by atoms with E-state index in [1.807, 2.05) is 0 Å². The molecule has 2 heterocycles. The van der Waals surface area contributed by atoms with Crippen molar-refractivity contribution in [3.63, 3.8) is 0 Å². The van der Waals surface area contributed by atoms with E-state index in [9.17, 15) is 23.2 Å². The number of nitrogens with one attached hydrogen (secondary N) is 1. The molecule has 1 aliphatic rings. The van der Waals surface area contributed by atoms with Gasteiger partial charge in [-0.2, -0.15) is 0 Å². The van der Waals surface area contributed by atoms with Gasteiger partial charge in [0.25, 0.3) is 5.91 Å². The molecular formula is C23H22F2N2O4S3. The number of thiophene rings is 1. The van der Waals surface area contributed by atoms with E-state index >= 15 is 0 Å². The summed E-state index contributed by atoms with van der Waals surface area (Å²) >= 11 is 7.76. The predicted octanol–water partition coefficient (Wildman–Crippen LogP) is 4.74. The number of nitrogens with zero attached hydrogens (tertiary/aromatic N) is 1. The Hall–Kier alpha value is -2.63. The van der Waals surface area contributed by atoms with Crippen LogP contribution in [-0.4, -0.2) is 45.7 Å². The van der Waals surface area contributed by atoms with Gasteiger partial charge in [-0.05, 0) is 61.6 Å². The molecule has 3 rings (SSSR count). The zero-order valence-electron chi connectivity index (χ0n) is 18.6. The number of benzene rings is 1. The van der Waals surface area contributed by atoms with Gasteiger partial charge in [-0.15, -0.1) is 11.3 Å². The minimum atomic E-state index is -0.929. The molecule has 2 amide bonds. The molecule has 34 heavy (non-hydrogen) atoms. The quantitative estimate of drug-likeness (QED) is 0.320. The van der Waals surface area contributed by atoms with E-state index in [1.54, 1.807) is 38.3 Å². The standard InChI is InChI=1S/C23H22F2N2O4S3/c1-23(2,3)31-20(29)11-26-19(28)6-7-27-21(30)18(34-22(27)32)10-15-8-14(12-33-15)13-4-5-16(24)17(25)9-13/h4-5,8-10,12H,6-7,11H2,1-3H3,(H,26,28)/b18-10-. The highest BCUT2D eigenvalue weighted by molar-refractivity contribution is 8.26. The second kappa shape index (κ2) is 10.7. The molecule has 180 valence electrons. The van der Waals surface area contributed by atoms with Gasteiger partial charge in [-0.25, -0.2) is 8.78 Å². The molecule has 0 saturated carbocycles. The molecule has 2 aromatic rings. The number of halogens is 2. The molecule has 11 heteroatoms. The summed E-state index contributed by atoms with van der Waals surface area (Å²) in [5.74, 6) is -3.12. The zero-order valence-corrected chi connectivity index (χ0v) is 21.1. The van der Waals surface area contributed by atoms with Gasteiger partial charge >= 0.3 is 5.97 Å². The van der Waals surface area contributed by atoms with Gasteiger partial charge in [0.1, 0.15) is 16.5 Å². The number of rotatable bonds is 7. The molecule has 1 aliphatic heterocycles.